The molecule has 2 amide bonds. The zero-order valence-corrected chi connectivity index (χ0v) is 7.53. The Hall–Kier alpha value is -0.810. The molecule has 0 aromatic heterocycles. The summed E-state index contributed by atoms with van der Waals surface area (Å²) in [5.41, 5.74) is 0. The molecule has 2 rings (SSSR count). The second kappa shape index (κ2) is 3.51. The molecule has 1 aliphatic carbocycles. The fourth-order valence-corrected chi connectivity index (χ4v) is 1.52. The molecule has 74 valence electrons. The minimum Gasteiger partial charge on any atom is -0.335 e. The van der Waals surface area contributed by atoms with E-state index in [9.17, 15) is 4.79 Å². The van der Waals surface area contributed by atoms with E-state index in [-0.39, 0.29) is 12.1 Å². The molecular weight excluding hydrogens is 170 g/mol. The number of nitrogens with zero attached hydrogens (tertiary/aromatic N) is 1. The number of hydrogen-bond acceptors (Lipinski definition) is 3. The molecule has 0 aromatic carbocycles. The predicted octanol–water partition coefficient (Wildman–Crippen LogP) is -0.177. The Balaban J connectivity index is 1.77. The van der Waals surface area contributed by atoms with Gasteiger partial charge in [0.2, 0.25) is 0 Å². The molecule has 3 N–H and O–H groups in total. The number of rotatable bonds is 2. The number of nitrogens with one attached hydrogen (secondary N) is 1. The summed E-state index contributed by atoms with van der Waals surface area (Å²) in [5, 5.41) is 2.93. The van der Waals surface area contributed by atoms with Gasteiger partial charge in [-0.25, -0.2) is 10.7 Å². The van der Waals surface area contributed by atoms with E-state index in [0.717, 1.165) is 25.8 Å². The molecular formula is C8H15N3O2. The summed E-state index contributed by atoms with van der Waals surface area (Å²) in [4.78, 5) is 17.9. The van der Waals surface area contributed by atoms with Crippen molar-refractivity contribution >= 4 is 6.03 Å². The van der Waals surface area contributed by atoms with Crippen molar-refractivity contribution in [3.8, 4) is 0 Å². The van der Waals surface area contributed by atoms with Crippen LogP contribution in [0.1, 0.15) is 19.3 Å². The third kappa shape index (κ3) is 2.10. The largest absolute Gasteiger partial charge is 0.335 e. The average molecular weight is 185 g/mol. The van der Waals surface area contributed by atoms with Crippen LogP contribution in [0.5, 0.6) is 0 Å². The predicted molar refractivity (Wildman–Crippen MR) is 46.8 cm³/mol. The van der Waals surface area contributed by atoms with Gasteiger partial charge in [-0.05, 0) is 19.3 Å². The third-order valence-corrected chi connectivity index (χ3v) is 2.53. The van der Waals surface area contributed by atoms with Crippen LogP contribution in [-0.4, -0.2) is 36.2 Å². The maximum absolute atomic E-state index is 11.5. The Morgan fingerprint density at radius 2 is 2.23 bits per heavy atom. The SMILES string of the molecule is NOC1CCN(C(=O)NC2CC2)C1. The molecule has 1 unspecified atom stereocenters. The molecule has 1 atom stereocenters. The van der Waals surface area contributed by atoms with Crippen LogP contribution in [-0.2, 0) is 4.84 Å². The molecule has 0 aromatic rings. The number of likely N-dealkylation sites (tertiary alicyclic amines) is 1. The minimum atomic E-state index is 0.0185. The summed E-state index contributed by atoms with van der Waals surface area (Å²) in [5.74, 6) is 5.05. The summed E-state index contributed by atoms with van der Waals surface area (Å²) in [6, 6.07) is 0.451. The fraction of sp³-hybridized carbons (Fsp3) is 0.875. The highest BCUT2D eigenvalue weighted by molar-refractivity contribution is 5.75. The van der Waals surface area contributed by atoms with Crippen molar-refractivity contribution in [2.24, 2.45) is 5.90 Å². The van der Waals surface area contributed by atoms with Gasteiger partial charge < -0.3 is 10.2 Å². The third-order valence-electron chi connectivity index (χ3n) is 2.53. The second-order valence-corrected chi connectivity index (χ2v) is 3.72. The summed E-state index contributed by atoms with van der Waals surface area (Å²) in [7, 11) is 0. The molecule has 1 aliphatic heterocycles. The number of carbonyl (C=O) groups is 1. The number of amides is 2. The van der Waals surface area contributed by atoms with Crippen LogP contribution < -0.4 is 11.2 Å². The Kier molecular flexibility index (Phi) is 2.37. The van der Waals surface area contributed by atoms with Crippen molar-refractivity contribution in [3.05, 3.63) is 0 Å². The molecule has 0 bridgehead atoms. The Morgan fingerprint density at radius 1 is 1.46 bits per heavy atom. The van der Waals surface area contributed by atoms with E-state index < -0.39 is 0 Å². The number of urea groups is 1. The molecule has 0 radical (unpaired) electrons. The topological polar surface area (TPSA) is 67.6 Å². The molecule has 1 saturated heterocycles. The van der Waals surface area contributed by atoms with Crippen molar-refractivity contribution in [1.82, 2.24) is 10.2 Å². The highest BCUT2D eigenvalue weighted by atomic mass is 16.6. The molecule has 2 fully saturated rings. The molecule has 1 saturated carbocycles. The van der Waals surface area contributed by atoms with Gasteiger partial charge in [0.05, 0.1) is 12.6 Å². The van der Waals surface area contributed by atoms with Crippen molar-refractivity contribution in [1.29, 1.82) is 0 Å². The van der Waals surface area contributed by atoms with Crippen molar-refractivity contribution in [2.45, 2.75) is 31.4 Å². The van der Waals surface area contributed by atoms with E-state index in [4.69, 9.17) is 10.7 Å². The van der Waals surface area contributed by atoms with Crippen LogP contribution in [0.4, 0.5) is 4.79 Å². The fourth-order valence-electron chi connectivity index (χ4n) is 1.52. The summed E-state index contributed by atoms with van der Waals surface area (Å²) in [6.45, 7) is 1.37. The monoisotopic (exact) mass is 185 g/mol. The van der Waals surface area contributed by atoms with E-state index in [1.807, 2.05) is 0 Å². The normalized spacial score (nSPS) is 27.8. The molecule has 0 spiro atoms. The first-order valence-electron chi connectivity index (χ1n) is 4.70. The first kappa shape index (κ1) is 8.77. The lowest BCUT2D eigenvalue weighted by Gasteiger charge is -2.16. The van der Waals surface area contributed by atoms with Crippen LogP contribution in [0.2, 0.25) is 0 Å². The number of nitrogens with two attached hydrogens (primary N) is 1. The maximum atomic E-state index is 11.5. The number of carbonyl (C=O) groups excluding carboxylic acids is 1. The van der Waals surface area contributed by atoms with Gasteiger partial charge in [-0.3, -0.25) is 4.84 Å². The van der Waals surface area contributed by atoms with Crippen molar-refractivity contribution < 1.29 is 9.63 Å². The smallest absolute Gasteiger partial charge is 0.317 e. The lowest BCUT2D eigenvalue weighted by molar-refractivity contribution is 0.0616. The van der Waals surface area contributed by atoms with Gasteiger partial charge >= 0.3 is 6.03 Å². The number of hydrogen-bond donors (Lipinski definition) is 2. The first-order chi connectivity index (χ1) is 6.29. The van der Waals surface area contributed by atoms with Crippen LogP contribution in [0, 0.1) is 0 Å². The maximum Gasteiger partial charge on any atom is 0.317 e. The standard InChI is InChI=1S/C8H15N3O2/c9-13-7-3-4-11(5-7)8(12)10-6-1-2-6/h6-7H,1-5,9H2,(H,10,12). The van der Waals surface area contributed by atoms with Gasteiger partial charge in [0.1, 0.15) is 0 Å². The van der Waals surface area contributed by atoms with E-state index in [0.29, 0.717) is 12.6 Å². The van der Waals surface area contributed by atoms with Crippen LogP contribution >= 0.6 is 0 Å². The van der Waals surface area contributed by atoms with Gasteiger partial charge in [-0.15, -0.1) is 0 Å². The Bertz CT molecular complexity index is 206. The molecule has 13 heavy (non-hydrogen) atoms. The summed E-state index contributed by atoms with van der Waals surface area (Å²) < 4.78 is 0. The molecule has 5 nitrogen and oxygen atoms in total. The molecule has 2 aliphatic rings. The van der Waals surface area contributed by atoms with Gasteiger partial charge in [0, 0.05) is 12.6 Å². The van der Waals surface area contributed by atoms with Gasteiger partial charge in [-0.2, -0.15) is 0 Å². The molecule has 5 heteroatoms. The van der Waals surface area contributed by atoms with Crippen LogP contribution in [0.25, 0.3) is 0 Å². The highest BCUT2D eigenvalue weighted by Crippen LogP contribution is 2.20. The Morgan fingerprint density at radius 3 is 2.77 bits per heavy atom. The van der Waals surface area contributed by atoms with Crippen LogP contribution in [0.15, 0.2) is 0 Å². The zero-order chi connectivity index (χ0) is 9.26. The lowest BCUT2D eigenvalue weighted by atomic mass is 10.3. The van der Waals surface area contributed by atoms with Gasteiger partial charge in [0.15, 0.2) is 0 Å². The summed E-state index contributed by atoms with van der Waals surface area (Å²) >= 11 is 0. The Labute approximate surface area is 77.2 Å². The van der Waals surface area contributed by atoms with E-state index in [2.05, 4.69) is 5.32 Å². The van der Waals surface area contributed by atoms with Crippen molar-refractivity contribution in [2.75, 3.05) is 13.1 Å². The van der Waals surface area contributed by atoms with E-state index in [1.54, 1.807) is 4.90 Å². The van der Waals surface area contributed by atoms with Crippen molar-refractivity contribution in [3.63, 3.8) is 0 Å². The van der Waals surface area contributed by atoms with E-state index in [1.165, 1.54) is 0 Å². The zero-order valence-electron chi connectivity index (χ0n) is 7.53. The van der Waals surface area contributed by atoms with Crippen LogP contribution in [0.3, 0.4) is 0 Å². The van der Waals surface area contributed by atoms with Gasteiger partial charge in [-0.1, -0.05) is 0 Å². The minimum absolute atomic E-state index is 0.0185. The van der Waals surface area contributed by atoms with E-state index >= 15 is 0 Å². The highest BCUT2D eigenvalue weighted by Gasteiger charge is 2.30. The lowest BCUT2D eigenvalue weighted by Crippen LogP contribution is -2.40. The second-order valence-electron chi connectivity index (χ2n) is 3.72. The molecule has 1 heterocycles. The first-order valence-corrected chi connectivity index (χ1v) is 4.70. The summed E-state index contributed by atoms with van der Waals surface area (Å²) in [6.07, 6.45) is 3.10. The average Bonchev–Trinajstić information content (AvgIpc) is 2.82. The quantitative estimate of drug-likeness (QED) is 0.586. The van der Waals surface area contributed by atoms with Gasteiger partial charge in [0.25, 0.3) is 0 Å².